The summed E-state index contributed by atoms with van der Waals surface area (Å²) in [6.45, 7) is 6.73. The first kappa shape index (κ1) is 14.2. The van der Waals surface area contributed by atoms with Crippen LogP contribution in [0.25, 0.3) is 0 Å². The Balaban J connectivity index is 2.30. The molecular formula is C15H25NO. The Labute approximate surface area is 105 Å². The van der Waals surface area contributed by atoms with Crippen LogP contribution in [0.2, 0.25) is 0 Å². The summed E-state index contributed by atoms with van der Waals surface area (Å²) in [6.07, 6.45) is 3.08. The van der Waals surface area contributed by atoms with Crippen LogP contribution in [0, 0.1) is 6.92 Å². The summed E-state index contributed by atoms with van der Waals surface area (Å²) in [5.74, 6) is 0. The van der Waals surface area contributed by atoms with Crippen molar-refractivity contribution in [3.8, 4) is 0 Å². The molecule has 0 aliphatic rings. The van der Waals surface area contributed by atoms with Gasteiger partial charge in [0.25, 0.3) is 0 Å². The minimum atomic E-state index is 0.263. The molecule has 17 heavy (non-hydrogen) atoms. The normalized spacial score (nSPS) is 14.6. The summed E-state index contributed by atoms with van der Waals surface area (Å²) in [5.41, 5.74) is 2.74. The number of aryl methyl sites for hydroxylation is 2. The molecular weight excluding hydrogens is 210 g/mol. The Morgan fingerprint density at radius 2 is 1.88 bits per heavy atom. The van der Waals surface area contributed by atoms with E-state index in [1.807, 2.05) is 0 Å². The molecule has 1 aromatic carbocycles. The fraction of sp³-hybridized carbons (Fsp3) is 0.600. The molecule has 0 amide bonds. The fourth-order valence-electron chi connectivity index (χ4n) is 2.10. The average molecular weight is 235 g/mol. The van der Waals surface area contributed by atoms with Crippen molar-refractivity contribution in [3.63, 3.8) is 0 Å². The molecule has 2 N–H and O–H groups in total. The van der Waals surface area contributed by atoms with Crippen LogP contribution < -0.4 is 5.32 Å². The maximum atomic E-state index is 8.85. The second kappa shape index (κ2) is 7.46. The highest BCUT2D eigenvalue weighted by atomic mass is 16.3. The van der Waals surface area contributed by atoms with Crippen LogP contribution in [0.4, 0.5) is 0 Å². The van der Waals surface area contributed by atoms with Crippen LogP contribution in [-0.4, -0.2) is 23.8 Å². The monoisotopic (exact) mass is 235 g/mol. The molecule has 0 fully saturated rings. The first-order valence-corrected chi connectivity index (χ1v) is 6.54. The number of benzene rings is 1. The van der Waals surface area contributed by atoms with Crippen LogP contribution in [-0.2, 0) is 6.42 Å². The van der Waals surface area contributed by atoms with Crippen molar-refractivity contribution >= 4 is 0 Å². The number of aliphatic hydroxyl groups is 1. The summed E-state index contributed by atoms with van der Waals surface area (Å²) in [7, 11) is 0. The van der Waals surface area contributed by atoms with Gasteiger partial charge in [-0.05, 0) is 45.6 Å². The molecule has 0 saturated heterocycles. The Morgan fingerprint density at radius 3 is 2.53 bits per heavy atom. The van der Waals surface area contributed by atoms with E-state index in [9.17, 15) is 0 Å². The molecule has 0 bridgehead atoms. The highest BCUT2D eigenvalue weighted by molar-refractivity contribution is 5.22. The summed E-state index contributed by atoms with van der Waals surface area (Å²) < 4.78 is 0. The van der Waals surface area contributed by atoms with Crippen molar-refractivity contribution < 1.29 is 5.11 Å². The molecule has 0 aromatic heterocycles. The average Bonchev–Trinajstić information content (AvgIpc) is 2.27. The van der Waals surface area contributed by atoms with E-state index >= 15 is 0 Å². The summed E-state index contributed by atoms with van der Waals surface area (Å²) >= 11 is 0. The van der Waals surface area contributed by atoms with Crippen LogP contribution in [0.5, 0.6) is 0 Å². The number of aliphatic hydroxyl groups excluding tert-OH is 1. The molecule has 0 aliphatic heterocycles. The number of hydrogen-bond acceptors (Lipinski definition) is 2. The van der Waals surface area contributed by atoms with E-state index in [4.69, 9.17) is 5.11 Å². The molecule has 2 atom stereocenters. The van der Waals surface area contributed by atoms with Gasteiger partial charge in [0, 0.05) is 18.7 Å². The summed E-state index contributed by atoms with van der Waals surface area (Å²) in [6, 6.07) is 9.59. The van der Waals surface area contributed by atoms with Gasteiger partial charge in [0.1, 0.15) is 0 Å². The van der Waals surface area contributed by atoms with Crippen molar-refractivity contribution in [1.29, 1.82) is 0 Å². The van der Waals surface area contributed by atoms with Gasteiger partial charge in [0.05, 0.1) is 0 Å². The summed E-state index contributed by atoms with van der Waals surface area (Å²) in [5, 5.41) is 12.4. The second-order valence-electron chi connectivity index (χ2n) is 5.01. The predicted molar refractivity (Wildman–Crippen MR) is 73.3 cm³/mol. The number of nitrogens with one attached hydrogen (secondary N) is 1. The molecule has 2 nitrogen and oxygen atoms in total. The Bertz CT molecular complexity index is 324. The van der Waals surface area contributed by atoms with Gasteiger partial charge in [-0.1, -0.05) is 29.8 Å². The SMILES string of the molecule is Cc1cccc(CCC(C)N[C@H](C)CCO)c1. The molecule has 0 spiro atoms. The quantitative estimate of drug-likeness (QED) is 0.761. The zero-order valence-electron chi connectivity index (χ0n) is 11.2. The van der Waals surface area contributed by atoms with Gasteiger partial charge >= 0.3 is 0 Å². The zero-order valence-corrected chi connectivity index (χ0v) is 11.2. The topological polar surface area (TPSA) is 32.3 Å². The van der Waals surface area contributed by atoms with E-state index < -0.39 is 0 Å². The minimum Gasteiger partial charge on any atom is -0.396 e. The molecule has 0 aliphatic carbocycles. The van der Waals surface area contributed by atoms with Gasteiger partial charge in [0.15, 0.2) is 0 Å². The van der Waals surface area contributed by atoms with E-state index in [0.29, 0.717) is 12.1 Å². The highest BCUT2D eigenvalue weighted by Gasteiger charge is 2.06. The lowest BCUT2D eigenvalue weighted by molar-refractivity contribution is 0.263. The molecule has 0 radical (unpaired) electrons. The fourth-order valence-corrected chi connectivity index (χ4v) is 2.10. The maximum Gasteiger partial charge on any atom is 0.0445 e. The van der Waals surface area contributed by atoms with Gasteiger partial charge in [-0.2, -0.15) is 0 Å². The standard InChI is InChI=1S/C15H25NO/c1-12-5-4-6-15(11-12)8-7-13(2)16-14(3)9-10-17/h4-6,11,13-14,16-17H,7-10H2,1-3H3/t13?,14-/m1/s1. The maximum absolute atomic E-state index is 8.85. The van der Waals surface area contributed by atoms with E-state index in [2.05, 4.69) is 50.4 Å². The van der Waals surface area contributed by atoms with Crippen LogP contribution in [0.3, 0.4) is 0 Å². The number of rotatable bonds is 7. The smallest absolute Gasteiger partial charge is 0.0445 e. The van der Waals surface area contributed by atoms with Gasteiger partial charge in [-0.25, -0.2) is 0 Å². The lowest BCUT2D eigenvalue weighted by Crippen LogP contribution is -2.35. The molecule has 1 aromatic rings. The lowest BCUT2D eigenvalue weighted by Gasteiger charge is -2.19. The molecule has 0 saturated carbocycles. The Kier molecular flexibility index (Phi) is 6.23. The van der Waals surface area contributed by atoms with Crippen molar-refractivity contribution in [1.82, 2.24) is 5.32 Å². The van der Waals surface area contributed by atoms with Gasteiger partial charge < -0.3 is 10.4 Å². The van der Waals surface area contributed by atoms with E-state index in [1.54, 1.807) is 0 Å². The molecule has 1 unspecified atom stereocenters. The third-order valence-corrected chi connectivity index (χ3v) is 3.08. The van der Waals surface area contributed by atoms with Gasteiger partial charge in [-0.3, -0.25) is 0 Å². The lowest BCUT2D eigenvalue weighted by atomic mass is 10.0. The highest BCUT2D eigenvalue weighted by Crippen LogP contribution is 2.08. The van der Waals surface area contributed by atoms with Crippen molar-refractivity contribution in [2.75, 3.05) is 6.61 Å². The molecule has 2 heteroatoms. The second-order valence-corrected chi connectivity index (χ2v) is 5.01. The first-order valence-electron chi connectivity index (χ1n) is 6.54. The largest absolute Gasteiger partial charge is 0.396 e. The van der Waals surface area contributed by atoms with Crippen LogP contribution in [0.15, 0.2) is 24.3 Å². The van der Waals surface area contributed by atoms with E-state index in [-0.39, 0.29) is 6.61 Å². The van der Waals surface area contributed by atoms with Gasteiger partial charge in [0.2, 0.25) is 0 Å². The summed E-state index contributed by atoms with van der Waals surface area (Å²) in [4.78, 5) is 0. The van der Waals surface area contributed by atoms with Crippen molar-refractivity contribution in [2.45, 2.75) is 52.1 Å². The van der Waals surface area contributed by atoms with Gasteiger partial charge in [-0.15, -0.1) is 0 Å². The van der Waals surface area contributed by atoms with Crippen molar-refractivity contribution in [2.24, 2.45) is 0 Å². The third kappa shape index (κ3) is 5.85. The molecule has 96 valence electrons. The zero-order chi connectivity index (χ0) is 12.7. The van der Waals surface area contributed by atoms with E-state index in [0.717, 1.165) is 19.3 Å². The Hall–Kier alpha value is -0.860. The van der Waals surface area contributed by atoms with E-state index in [1.165, 1.54) is 11.1 Å². The minimum absolute atomic E-state index is 0.263. The van der Waals surface area contributed by atoms with Crippen LogP contribution in [0.1, 0.15) is 37.8 Å². The molecule has 0 heterocycles. The molecule has 1 rings (SSSR count). The van der Waals surface area contributed by atoms with Crippen LogP contribution >= 0.6 is 0 Å². The number of hydrogen-bond donors (Lipinski definition) is 2. The third-order valence-electron chi connectivity index (χ3n) is 3.08. The van der Waals surface area contributed by atoms with Crippen molar-refractivity contribution in [3.05, 3.63) is 35.4 Å². The first-order chi connectivity index (χ1) is 8.11. The predicted octanol–water partition coefficient (Wildman–Crippen LogP) is 2.68. The Morgan fingerprint density at radius 1 is 1.18 bits per heavy atom.